The van der Waals surface area contributed by atoms with Crippen molar-refractivity contribution in [3.8, 4) is 0 Å². The molecule has 2 heterocycles. The van der Waals surface area contributed by atoms with Crippen LogP contribution >= 0.6 is 21.6 Å². The Hall–Kier alpha value is -1.28. The first-order valence-corrected chi connectivity index (χ1v) is 6.50. The summed E-state index contributed by atoms with van der Waals surface area (Å²) in [6.45, 7) is 0. The van der Waals surface area contributed by atoms with Crippen molar-refractivity contribution < 1.29 is 9.68 Å². The summed E-state index contributed by atoms with van der Waals surface area (Å²) in [5.41, 5.74) is 0. The van der Waals surface area contributed by atoms with Crippen molar-refractivity contribution in [3.63, 3.8) is 0 Å². The zero-order chi connectivity index (χ0) is 11.4. The van der Waals surface area contributed by atoms with E-state index in [1.165, 1.54) is 21.6 Å². The van der Waals surface area contributed by atoms with Crippen LogP contribution < -0.4 is 9.68 Å². The molecule has 2 rings (SSSR count). The molecule has 0 aliphatic heterocycles. The van der Waals surface area contributed by atoms with Gasteiger partial charge in [0.15, 0.2) is 0 Å². The normalized spacial score (nSPS) is 10.4. The Balaban J connectivity index is 2.02. The Morgan fingerprint density at radius 3 is 1.75 bits per heavy atom. The largest absolute Gasteiger partial charge is 0.415 e. The molecule has 0 unspecified atom stereocenters. The Labute approximate surface area is 100 Å². The summed E-state index contributed by atoms with van der Waals surface area (Å²) in [6.07, 6.45) is 6.84. The number of imidazole rings is 2. The standard InChI is InChI=1S/C8H10N4O2S2/c1-13-11-5-3-9-7(11)15-16-8-10-4-6-12(8)14-2/h3-6H,1-2H3. The number of aromatic nitrogens is 4. The highest BCUT2D eigenvalue weighted by molar-refractivity contribution is 8.76. The quantitative estimate of drug-likeness (QED) is 0.746. The lowest BCUT2D eigenvalue weighted by molar-refractivity contribution is 0.143. The molecule has 2 aromatic rings. The minimum absolute atomic E-state index is 0.748. The van der Waals surface area contributed by atoms with Crippen LogP contribution in [0.25, 0.3) is 0 Å². The molecule has 0 aromatic carbocycles. The van der Waals surface area contributed by atoms with Crippen molar-refractivity contribution in [2.75, 3.05) is 14.2 Å². The molecule has 0 fully saturated rings. The third-order valence-electron chi connectivity index (χ3n) is 1.74. The van der Waals surface area contributed by atoms with Gasteiger partial charge in [0.05, 0.1) is 12.4 Å². The predicted molar refractivity (Wildman–Crippen MR) is 61.2 cm³/mol. The van der Waals surface area contributed by atoms with Crippen molar-refractivity contribution in [1.82, 2.24) is 19.4 Å². The summed E-state index contributed by atoms with van der Waals surface area (Å²) in [5, 5.41) is 1.50. The van der Waals surface area contributed by atoms with E-state index < -0.39 is 0 Å². The second-order valence-electron chi connectivity index (χ2n) is 2.60. The average Bonchev–Trinajstić information content (AvgIpc) is 2.94. The highest BCUT2D eigenvalue weighted by Gasteiger charge is 2.09. The molecular weight excluding hydrogens is 248 g/mol. The molecule has 6 nitrogen and oxygen atoms in total. The summed E-state index contributed by atoms with van der Waals surface area (Å²) in [7, 11) is 6.07. The van der Waals surface area contributed by atoms with Gasteiger partial charge >= 0.3 is 0 Å². The maximum Gasteiger partial charge on any atom is 0.213 e. The van der Waals surface area contributed by atoms with Gasteiger partial charge in [-0.1, -0.05) is 0 Å². The van der Waals surface area contributed by atoms with Gasteiger partial charge in [0, 0.05) is 12.4 Å². The molecule has 16 heavy (non-hydrogen) atoms. The van der Waals surface area contributed by atoms with E-state index in [1.54, 1.807) is 48.5 Å². The summed E-state index contributed by atoms with van der Waals surface area (Å²) in [6, 6.07) is 0. The van der Waals surface area contributed by atoms with Gasteiger partial charge in [-0.25, -0.2) is 9.97 Å². The second kappa shape index (κ2) is 5.17. The van der Waals surface area contributed by atoms with Crippen molar-refractivity contribution in [1.29, 1.82) is 0 Å². The predicted octanol–water partition coefficient (Wildman–Crippen LogP) is 0.996. The number of hydrogen-bond donors (Lipinski definition) is 0. The molecule has 0 saturated heterocycles. The van der Waals surface area contributed by atoms with Gasteiger partial charge in [-0.2, -0.15) is 9.46 Å². The Bertz CT molecular complexity index is 414. The fourth-order valence-corrected chi connectivity index (χ4v) is 2.95. The molecule has 0 spiro atoms. The molecule has 0 radical (unpaired) electrons. The molecular formula is C8H10N4O2S2. The zero-order valence-corrected chi connectivity index (χ0v) is 10.4. The van der Waals surface area contributed by atoms with E-state index in [9.17, 15) is 0 Å². The van der Waals surface area contributed by atoms with Crippen LogP contribution in [-0.2, 0) is 0 Å². The lowest BCUT2D eigenvalue weighted by Crippen LogP contribution is -2.06. The van der Waals surface area contributed by atoms with E-state index in [0.717, 1.165) is 10.3 Å². The first-order chi connectivity index (χ1) is 7.85. The van der Waals surface area contributed by atoms with E-state index in [2.05, 4.69) is 9.97 Å². The highest BCUT2D eigenvalue weighted by Crippen LogP contribution is 2.34. The van der Waals surface area contributed by atoms with Crippen LogP contribution in [0.3, 0.4) is 0 Å². The van der Waals surface area contributed by atoms with Gasteiger partial charge in [-0.3, -0.25) is 0 Å². The van der Waals surface area contributed by atoms with E-state index in [-0.39, 0.29) is 0 Å². The molecule has 0 saturated carbocycles. The average molecular weight is 258 g/mol. The van der Waals surface area contributed by atoms with Gasteiger partial charge in [-0.15, -0.1) is 0 Å². The van der Waals surface area contributed by atoms with Gasteiger partial charge in [-0.05, 0) is 21.6 Å². The second-order valence-corrected chi connectivity index (χ2v) is 4.67. The molecule has 2 aromatic heterocycles. The molecule has 0 aliphatic carbocycles. The Morgan fingerprint density at radius 1 is 0.938 bits per heavy atom. The van der Waals surface area contributed by atoms with Crippen LogP contribution in [0.4, 0.5) is 0 Å². The van der Waals surface area contributed by atoms with Crippen molar-refractivity contribution in [2.45, 2.75) is 10.3 Å². The Kier molecular flexibility index (Phi) is 3.62. The van der Waals surface area contributed by atoms with Crippen LogP contribution in [-0.4, -0.2) is 33.6 Å². The van der Waals surface area contributed by atoms with E-state index in [1.807, 2.05) is 0 Å². The van der Waals surface area contributed by atoms with Crippen LogP contribution in [0, 0.1) is 0 Å². The molecule has 86 valence electrons. The van der Waals surface area contributed by atoms with E-state index in [4.69, 9.17) is 9.68 Å². The maximum absolute atomic E-state index is 5.07. The molecule has 0 N–H and O–H groups in total. The topological polar surface area (TPSA) is 54.1 Å². The maximum atomic E-state index is 5.07. The first kappa shape index (κ1) is 11.2. The molecule has 0 amide bonds. The third kappa shape index (κ3) is 2.27. The Morgan fingerprint density at radius 2 is 1.38 bits per heavy atom. The van der Waals surface area contributed by atoms with Crippen LogP contribution in [0.15, 0.2) is 35.1 Å². The van der Waals surface area contributed by atoms with Crippen LogP contribution in [0.5, 0.6) is 0 Å². The molecule has 0 atom stereocenters. The van der Waals surface area contributed by atoms with Crippen molar-refractivity contribution in [3.05, 3.63) is 24.8 Å². The highest BCUT2D eigenvalue weighted by atomic mass is 33.1. The summed E-state index contributed by atoms with van der Waals surface area (Å²) < 4.78 is 3.16. The lowest BCUT2D eigenvalue weighted by Gasteiger charge is -2.05. The molecule has 0 aliphatic rings. The fraction of sp³-hybridized carbons (Fsp3) is 0.250. The molecule has 8 heteroatoms. The van der Waals surface area contributed by atoms with Gasteiger partial charge in [0.25, 0.3) is 0 Å². The van der Waals surface area contributed by atoms with Gasteiger partial charge < -0.3 is 9.68 Å². The summed E-state index contributed by atoms with van der Waals surface area (Å²) in [5.74, 6) is 0. The fourth-order valence-electron chi connectivity index (χ4n) is 1.03. The summed E-state index contributed by atoms with van der Waals surface area (Å²) >= 11 is 0. The SMILES string of the molecule is COn1ccnc1SSc1nccn1OC. The lowest BCUT2D eigenvalue weighted by atomic mass is 11.0. The van der Waals surface area contributed by atoms with Crippen molar-refractivity contribution in [2.24, 2.45) is 0 Å². The zero-order valence-electron chi connectivity index (χ0n) is 8.73. The first-order valence-electron chi connectivity index (χ1n) is 4.35. The smallest absolute Gasteiger partial charge is 0.213 e. The summed E-state index contributed by atoms with van der Waals surface area (Å²) in [4.78, 5) is 18.4. The van der Waals surface area contributed by atoms with E-state index in [0.29, 0.717) is 0 Å². The molecule has 0 bridgehead atoms. The minimum Gasteiger partial charge on any atom is -0.415 e. The van der Waals surface area contributed by atoms with E-state index >= 15 is 0 Å². The minimum atomic E-state index is 0.748. The van der Waals surface area contributed by atoms with Gasteiger partial charge in [0.1, 0.15) is 14.2 Å². The monoisotopic (exact) mass is 258 g/mol. The van der Waals surface area contributed by atoms with Crippen molar-refractivity contribution >= 4 is 21.6 Å². The number of nitrogens with zero attached hydrogens (tertiary/aromatic N) is 4. The van der Waals surface area contributed by atoms with Crippen LogP contribution in [0.2, 0.25) is 0 Å². The van der Waals surface area contributed by atoms with Gasteiger partial charge in [0.2, 0.25) is 10.3 Å². The third-order valence-corrected chi connectivity index (χ3v) is 3.83. The number of hydrogen-bond acceptors (Lipinski definition) is 6. The number of rotatable bonds is 5. The van der Waals surface area contributed by atoms with Crippen LogP contribution in [0.1, 0.15) is 0 Å².